The van der Waals surface area contributed by atoms with Crippen molar-refractivity contribution in [2.45, 2.75) is 130 Å². The highest BCUT2D eigenvalue weighted by molar-refractivity contribution is 5.78. The van der Waals surface area contributed by atoms with Crippen LogP contribution in [0.4, 0.5) is 0 Å². The molecule has 0 aliphatic heterocycles. The van der Waals surface area contributed by atoms with Crippen LogP contribution >= 0.6 is 0 Å². The minimum atomic E-state index is -1.15. The maximum atomic E-state index is 14.7. The molecule has 3 fully saturated rings. The molecule has 0 amide bonds. The Hall–Kier alpha value is -2.74. The van der Waals surface area contributed by atoms with Crippen LogP contribution in [0.1, 0.15) is 111 Å². The fraction of sp³-hybridized carbons (Fsp3) is 0.667. The summed E-state index contributed by atoms with van der Waals surface area (Å²) < 4.78 is 18.5. The first-order valence-electron chi connectivity index (χ1n) is 18.5. The molecule has 0 unspecified atom stereocenters. The molecule has 8 atom stereocenters. The topological polar surface area (TPSA) is 85.3 Å². The number of hydrogen-bond donors (Lipinski definition) is 1. The first-order valence-corrected chi connectivity index (χ1v) is 18.5. The predicted molar refractivity (Wildman–Crippen MR) is 192 cm³/mol. The number of nitrogens with zero attached hydrogens (tertiary/aromatic N) is 1. The molecule has 2 bridgehead atoms. The second kappa shape index (κ2) is 14.5. The van der Waals surface area contributed by atoms with Crippen molar-refractivity contribution < 1.29 is 28.9 Å². The highest BCUT2D eigenvalue weighted by atomic mass is 16.6. The fourth-order valence-electron chi connectivity index (χ4n) is 9.66. The van der Waals surface area contributed by atoms with Crippen molar-refractivity contribution in [2.75, 3.05) is 13.7 Å². The van der Waals surface area contributed by atoms with Crippen LogP contribution in [0, 0.1) is 34.5 Å². The highest BCUT2D eigenvalue weighted by Gasteiger charge is 2.65. The van der Waals surface area contributed by atoms with Crippen LogP contribution in [-0.4, -0.2) is 58.9 Å². The third-order valence-corrected chi connectivity index (χ3v) is 12.0. The summed E-state index contributed by atoms with van der Waals surface area (Å²) in [5.41, 5.74) is 0.315. The van der Waals surface area contributed by atoms with Crippen molar-refractivity contribution in [1.82, 2.24) is 4.90 Å². The van der Waals surface area contributed by atoms with Gasteiger partial charge in [0.05, 0.1) is 24.0 Å². The van der Waals surface area contributed by atoms with Crippen LogP contribution in [0.2, 0.25) is 0 Å². The summed E-state index contributed by atoms with van der Waals surface area (Å²) in [5, 5.41) is 12.1. The van der Waals surface area contributed by atoms with Gasteiger partial charge in [0.25, 0.3) is 0 Å². The number of ether oxygens (including phenoxy) is 3. The van der Waals surface area contributed by atoms with Crippen LogP contribution in [0.25, 0.3) is 0 Å². The van der Waals surface area contributed by atoms with Crippen LogP contribution < -0.4 is 0 Å². The van der Waals surface area contributed by atoms with Gasteiger partial charge in [-0.15, -0.1) is 0 Å². The van der Waals surface area contributed by atoms with E-state index < -0.39 is 41.0 Å². The van der Waals surface area contributed by atoms with Crippen molar-refractivity contribution in [3.8, 4) is 0 Å². The molecule has 3 aliphatic carbocycles. The zero-order valence-corrected chi connectivity index (χ0v) is 31.4. The largest absolute Gasteiger partial charge is 0.460 e. The molecular formula is C42H61NO6. The maximum absolute atomic E-state index is 14.7. The third kappa shape index (κ3) is 7.94. The van der Waals surface area contributed by atoms with Gasteiger partial charge in [-0.25, -0.2) is 0 Å². The van der Waals surface area contributed by atoms with E-state index in [-0.39, 0.29) is 28.9 Å². The number of hydrogen-bond acceptors (Lipinski definition) is 7. The second-order valence-corrected chi connectivity index (χ2v) is 17.6. The Balaban J connectivity index is 1.63. The van der Waals surface area contributed by atoms with Gasteiger partial charge < -0.3 is 19.3 Å². The molecule has 5 rings (SSSR count). The lowest BCUT2D eigenvalue weighted by Crippen LogP contribution is -2.57. The van der Waals surface area contributed by atoms with Crippen LogP contribution in [0.15, 0.2) is 60.7 Å². The average molecular weight is 676 g/mol. The van der Waals surface area contributed by atoms with Crippen LogP contribution in [0.3, 0.4) is 0 Å². The van der Waals surface area contributed by atoms with Gasteiger partial charge in [-0.05, 0) is 102 Å². The van der Waals surface area contributed by atoms with Gasteiger partial charge in [0.2, 0.25) is 0 Å². The van der Waals surface area contributed by atoms with Gasteiger partial charge in [-0.2, -0.15) is 0 Å². The van der Waals surface area contributed by atoms with E-state index in [2.05, 4.69) is 43.0 Å². The zero-order chi connectivity index (χ0) is 35.8. The summed E-state index contributed by atoms with van der Waals surface area (Å²) in [5.74, 6) is -2.32. The normalized spacial score (nSPS) is 29.4. The Kier molecular flexibility index (Phi) is 11.1. The Labute approximate surface area is 295 Å². The van der Waals surface area contributed by atoms with Gasteiger partial charge in [-0.1, -0.05) is 80.9 Å². The second-order valence-electron chi connectivity index (χ2n) is 17.6. The van der Waals surface area contributed by atoms with E-state index in [1.54, 1.807) is 0 Å². The van der Waals surface area contributed by atoms with Crippen molar-refractivity contribution in [3.05, 3.63) is 71.8 Å². The number of methoxy groups -OCH3 is 1. The summed E-state index contributed by atoms with van der Waals surface area (Å²) in [6.45, 7) is 17.5. The number of carbonyl (C=O) groups is 2. The first kappa shape index (κ1) is 37.5. The molecule has 0 aromatic heterocycles. The number of aliphatic hydroxyl groups excluding tert-OH is 1. The van der Waals surface area contributed by atoms with Crippen molar-refractivity contribution in [3.63, 3.8) is 0 Å². The molecule has 7 heteroatoms. The van der Waals surface area contributed by atoms with Gasteiger partial charge in [0.1, 0.15) is 11.2 Å². The van der Waals surface area contributed by atoms with E-state index in [4.69, 9.17) is 14.2 Å². The van der Waals surface area contributed by atoms with E-state index >= 15 is 0 Å². The first-order chi connectivity index (χ1) is 23.0. The SMILES string of the molecule is CO[C@@H]1C[C@H]2CC[C@]1(CN(Cc1ccccc1)[C@@H]1CCC[C@H]([C@H](C(=O)OC(C)(C)C)[C@H](O)c3ccccc3)[C@H]1C(=O)OC(C)(C)C)C2(C)C. The smallest absolute Gasteiger partial charge is 0.312 e. The third-order valence-electron chi connectivity index (χ3n) is 12.0. The quantitative estimate of drug-likeness (QED) is 0.241. The molecule has 3 aliphatic rings. The van der Waals surface area contributed by atoms with E-state index in [1.807, 2.05) is 85.1 Å². The number of benzene rings is 2. The molecular weight excluding hydrogens is 614 g/mol. The number of aliphatic hydroxyl groups is 1. The minimum Gasteiger partial charge on any atom is -0.460 e. The highest BCUT2D eigenvalue weighted by Crippen LogP contribution is 2.67. The van der Waals surface area contributed by atoms with Crippen molar-refractivity contribution in [1.29, 1.82) is 0 Å². The Bertz CT molecular complexity index is 1410. The predicted octanol–water partition coefficient (Wildman–Crippen LogP) is 8.15. The average Bonchev–Trinajstić information content (AvgIpc) is 3.39. The van der Waals surface area contributed by atoms with Gasteiger partial charge in [0.15, 0.2) is 0 Å². The number of carbonyl (C=O) groups excluding carboxylic acids is 2. The van der Waals surface area contributed by atoms with Crippen molar-refractivity contribution >= 4 is 11.9 Å². The summed E-state index contributed by atoms with van der Waals surface area (Å²) in [6, 6.07) is 19.6. The molecule has 2 aromatic carbocycles. The Morgan fingerprint density at radius 2 is 1.51 bits per heavy atom. The lowest BCUT2D eigenvalue weighted by molar-refractivity contribution is -0.179. The maximum Gasteiger partial charge on any atom is 0.312 e. The lowest BCUT2D eigenvalue weighted by atomic mass is 9.65. The molecule has 1 N–H and O–H groups in total. The fourth-order valence-corrected chi connectivity index (χ4v) is 9.66. The monoisotopic (exact) mass is 675 g/mol. The number of esters is 2. The lowest BCUT2D eigenvalue weighted by Gasteiger charge is -2.51. The molecule has 0 spiro atoms. The summed E-state index contributed by atoms with van der Waals surface area (Å²) in [4.78, 5) is 31.5. The summed E-state index contributed by atoms with van der Waals surface area (Å²) >= 11 is 0. The summed E-state index contributed by atoms with van der Waals surface area (Å²) in [6.07, 6.45) is 4.50. The minimum absolute atomic E-state index is 0.0701. The molecule has 3 saturated carbocycles. The van der Waals surface area contributed by atoms with E-state index in [1.165, 1.54) is 12.0 Å². The van der Waals surface area contributed by atoms with Crippen LogP contribution in [0.5, 0.6) is 0 Å². The Morgan fingerprint density at radius 3 is 2.08 bits per heavy atom. The molecule has 0 radical (unpaired) electrons. The standard InChI is InChI=1S/C42H61NO6/c1-39(2,3)48-37(45)34-31(35(38(46)49-40(4,5)6)36(44)29-19-14-11-15-20-29)21-16-22-32(34)43(26-28-17-12-10-13-18-28)27-42-24-23-30(41(42,7)8)25-33(42)47-9/h10-15,17-20,30-36,44H,16,21-27H2,1-9H3/t30-,31+,32-,33-,34-,35+,36-,42-/m1/s1. The van der Waals surface area contributed by atoms with E-state index in [0.29, 0.717) is 24.4 Å². The van der Waals surface area contributed by atoms with Crippen LogP contribution in [-0.2, 0) is 30.3 Å². The molecule has 270 valence electrons. The molecule has 0 heterocycles. The van der Waals surface area contributed by atoms with Gasteiger partial charge in [-0.3, -0.25) is 14.5 Å². The van der Waals surface area contributed by atoms with E-state index in [0.717, 1.165) is 32.2 Å². The molecule has 0 saturated heterocycles. The van der Waals surface area contributed by atoms with E-state index in [9.17, 15) is 14.7 Å². The molecule has 2 aromatic rings. The van der Waals surface area contributed by atoms with Crippen molar-refractivity contribution in [2.24, 2.45) is 34.5 Å². The Morgan fingerprint density at radius 1 is 0.898 bits per heavy atom. The number of rotatable bonds is 11. The molecule has 7 nitrogen and oxygen atoms in total. The van der Waals surface area contributed by atoms with Gasteiger partial charge >= 0.3 is 11.9 Å². The van der Waals surface area contributed by atoms with Gasteiger partial charge in [0, 0.05) is 31.7 Å². The number of fused-ring (bicyclic) bond motifs is 2. The summed E-state index contributed by atoms with van der Waals surface area (Å²) in [7, 11) is 1.85. The zero-order valence-electron chi connectivity index (χ0n) is 31.4. The molecule has 49 heavy (non-hydrogen) atoms.